The van der Waals surface area contributed by atoms with E-state index in [0.717, 1.165) is 19.1 Å². The van der Waals surface area contributed by atoms with Crippen molar-refractivity contribution in [3.8, 4) is 5.88 Å². The summed E-state index contributed by atoms with van der Waals surface area (Å²) in [7, 11) is -3.60. The molecule has 2 aliphatic rings. The van der Waals surface area contributed by atoms with E-state index in [1.807, 2.05) is 0 Å². The van der Waals surface area contributed by atoms with Crippen molar-refractivity contribution in [3.05, 3.63) is 93.1 Å². The number of nitrogens with zero attached hydrogens (tertiary/aromatic N) is 2. The number of hydrogen-bond donors (Lipinski definition) is 3. The van der Waals surface area contributed by atoms with E-state index in [2.05, 4.69) is 15.0 Å². The minimum atomic E-state index is -3.60. The number of amides is 2. The second-order valence-electron chi connectivity index (χ2n) is 11.4. The van der Waals surface area contributed by atoms with Gasteiger partial charge in [-0.1, -0.05) is 66.4 Å². The number of rotatable bonds is 11. The van der Waals surface area contributed by atoms with Gasteiger partial charge in [0.15, 0.2) is 6.61 Å². The fourth-order valence-corrected chi connectivity index (χ4v) is 7.71. The number of sulfonamides is 1. The van der Waals surface area contributed by atoms with Crippen molar-refractivity contribution in [1.29, 1.82) is 0 Å². The molecule has 2 heterocycles. The highest BCUT2D eigenvalue weighted by Gasteiger charge is 2.49. The lowest BCUT2D eigenvalue weighted by atomic mass is 9.76. The molecule has 244 valence electrons. The Bertz CT molecular complexity index is 1740. The molecule has 1 aliphatic heterocycles. The van der Waals surface area contributed by atoms with E-state index < -0.39 is 46.6 Å². The van der Waals surface area contributed by atoms with Gasteiger partial charge in [-0.2, -0.15) is 0 Å². The number of carboxylic acid groups (broad SMARTS) is 1. The molecule has 1 aromatic heterocycles. The smallest absolute Gasteiger partial charge is 0.341 e. The first-order valence-corrected chi connectivity index (χ1v) is 17.5. The van der Waals surface area contributed by atoms with Gasteiger partial charge < -0.3 is 20.1 Å². The number of carbonyl (C=O) groups is 3. The first kappa shape index (κ1) is 33.6. The molecular formula is C32H34Cl2N4O7S. The predicted molar refractivity (Wildman–Crippen MR) is 173 cm³/mol. The van der Waals surface area contributed by atoms with Crippen molar-refractivity contribution in [2.45, 2.75) is 56.1 Å². The molecule has 4 atom stereocenters. The molecule has 3 N–H and O–H groups in total. The lowest BCUT2D eigenvalue weighted by Crippen LogP contribution is -2.59. The first-order chi connectivity index (χ1) is 21.9. The van der Waals surface area contributed by atoms with E-state index in [4.69, 9.17) is 33.0 Å². The largest absolute Gasteiger partial charge is 0.479 e. The van der Waals surface area contributed by atoms with E-state index in [0.29, 0.717) is 46.7 Å². The highest BCUT2D eigenvalue weighted by molar-refractivity contribution is 7.88. The van der Waals surface area contributed by atoms with Crippen LogP contribution in [0.5, 0.6) is 5.88 Å². The topological polar surface area (TPSA) is 155 Å². The number of aliphatic carboxylic acids is 1. The molecule has 1 fully saturated rings. The van der Waals surface area contributed by atoms with Gasteiger partial charge >= 0.3 is 5.97 Å². The standard InChI is InChI=1S/C32H34Cl2N4O7S/c1-46(43,44)37-25-10-4-5-11-26(25)38-30(23-14-13-19(33)17-24(23)34)29(21-8-2-3-9-22(21)32(38)42)31(41)35-16-15-20-7-6-12-27(36-20)45-18-28(39)40/h2-3,6-9,12-14,17,25-26,29-30,37H,4-5,10-11,15-16,18H2,1H3,(H,35,41)(H,39,40)/t25-,26-,29+,30-/m0/s1. The van der Waals surface area contributed by atoms with Crippen LogP contribution in [0.25, 0.3) is 0 Å². The summed E-state index contributed by atoms with van der Waals surface area (Å²) >= 11 is 13.0. The van der Waals surface area contributed by atoms with Crippen LogP contribution in [0.4, 0.5) is 0 Å². The summed E-state index contributed by atoms with van der Waals surface area (Å²) in [5.74, 6) is -2.54. The number of ether oxygens (including phenoxy) is 1. The van der Waals surface area contributed by atoms with Gasteiger partial charge in [0.1, 0.15) is 0 Å². The summed E-state index contributed by atoms with van der Waals surface area (Å²) in [5, 5.41) is 12.5. The molecule has 3 aromatic rings. The van der Waals surface area contributed by atoms with Crippen LogP contribution in [-0.4, -0.2) is 72.7 Å². The van der Waals surface area contributed by atoms with Crippen LogP contribution in [0.15, 0.2) is 60.7 Å². The fraction of sp³-hybridized carbons (Fsp3) is 0.375. The predicted octanol–water partition coefficient (Wildman–Crippen LogP) is 4.35. The maximum Gasteiger partial charge on any atom is 0.341 e. The van der Waals surface area contributed by atoms with Crippen LogP contribution >= 0.6 is 23.2 Å². The van der Waals surface area contributed by atoms with E-state index in [-0.39, 0.29) is 29.3 Å². The summed E-state index contributed by atoms with van der Waals surface area (Å²) in [6.45, 7) is -0.344. The van der Waals surface area contributed by atoms with Gasteiger partial charge in [0.25, 0.3) is 5.91 Å². The average molecular weight is 690 g/mol. The summed E-state index contributed by atoms with van der Waals surface area (Å²) in [6.07, 6.45) is 4.04. The van der Waals surface area contributed by atoms with Crippen molar-refractivity contribution in [2.75, 3.05) is 19.4 Å². The Labute approximate surface area is 277 Å². The summed E-state index contributed by atoms with van der Waals surface area (Å²) in [5.41, 5.74) is 1.99. The van der Waals surface area contributed by atoms with Crippen LogP contribution in [0, 0.1) is 0 Å². The lowest BCUT2D eigenvalue weighted by Gasteiger charge is -2.49. The third-order valence-corrected chi connectivity index (χ3v) is 9.49. The van der Waals surface area contributed by atoms with Crippen LogP contribution in [-0.2, 0) is 26.0 Å². The number of hydrogen-bond acceptors (Lipinski definition) is 7. The van der Waals surface area contributed by atoms with Crippen molar-refractivity contribution in [1.82, 2.24) is 19.9 Å². The molecule has 11 nitrogen and oxygen atoms in total. The number of aromatic nitrogens is 1. The van der Waals surface area contributed by atoms with Crippen molar-refractivity contribution in [2.24, 2.45) is 0 Å². The quantitative estimate of drug-likeness (QED) is 0.269. The Hall–Kier alpha value is -3.71. The molecule has 0 bridgehead atoms. The minimum absolute atomic E-state index is 0.156. The molecular weight excluding hydrogens is 655 g/mol. The number of halogens is 2. The Kier molecular flexibility index (Phi) is 10.5. The van der Waals surface area contributed by atoms with Crippen molar-refractivity contribution in [3.63, 3.8) is 0 Å². The molecule has 2 amide bonds. The highest BCUT2D eigenvalue weighted by Crippen LogP contribution is 2.47. The molecule has 0 spiro atoms. The van der Waals surface area contributed by atoms with Gasteiger partial charge in [-0.3, -0.25) is 9.59 Å². The van der Waals surface area contributed by atoms with Gasteiger partial charge in [-0.15, -0.1) is 0 Å². The SMILES string of the molecule is CS(=O)(=O)N[C@H]1CCCC[C@@H]1N1C(=O)c2ccccc2[C@@H](C(=O)NCCc2cccc(OCC(=O)O)n2)[C@@H]1c1ccc(Cl)cc1Cl. The average Bonchev–Trinajstić information content (AvgIpc) is 3.00. The normalized spacial score (nSPS) is 21.4. The van der Waals surface area contributed by atoms with Gasteiger partial charge in [-0.25, -0.2) is 22.9 Å². The van der Waals surface area contributed by atoms with Crippen molar-refractivity contribution < 1.29 is 32.6 Å². The minimum Gasteiger partial charge on any atom is -0.479 e. The number of benzene rings is 2. The Morgan fingerprint density at radius 1 is 1.04 bits per heavy atom. The van der Waals surface area contributed by atoms with E-state index in [1.54, 1.807) is 65.6 Å². The summed E-state index contributed by atoms with van der Waals surface area (Å²) in [6, 6.07) is 14.9. The third-order valence-electron chi connectivity index (χ3n) is 8.20. The maximum atomic E-state index is 14.4. The van der Waals surface area contributed by atoms with Crippen LogP contribution in [0.3, 0.4) is 0 Å². The summed E-state index contributed by atoms with van der Waals surface area (Å²) in [4.78, 5) is 45.5. The Balaban J connectivity index is 1.51. The second kappa shape index (κ2) is 14.4. The molecule has 0 radical (unpaired) electrons. The first-order valence-electron chi connectivity index (χ1n) is 14.8. The highest BCUT2D eigenvalue weighted by atomic mass is 35.5. The zero-order valence-electron chi connectivity index (χ0n) is 25.0. The Morgan fingerprint density at radius 3 is 2.54 bits per heavy atom. The molecule has 46 heavy (non-hydrogen) atoms. The van der Waals surface area contributed by atoms with E-state index in [9.17, 15) is 22.8 Å². The fourth-order valence-electron chi connectivity index (χ4n) is 6.36. The van der Waals surface area contributed by atoms with E-state index in [1.165, 1.54) is 0 Å². The van der Waals surface area contributed by atoms with Gasteiger partial charge in [-0.05, 0) is 48.2 Å². The number of pyridine rings is 1. The van der Waals surface area contributed by atoms with Crippen LogP contribution in [0.2, 0.25) is 10.0 Å². The third kappa shape index (κ3) is 7.80. The van der Waals surface area contributed by atoms with Gasteiger partial charge in [0.2, 0.25) is 21.8 Å². The Morgan fingerprint density at radius 2 is 1.80 bits per heavy atom. The molecule has 1 saturated carbocycles. The maximum absolute atomic E-state index is 14.4. The monoisotopic (exact) mass is 688 g/mol. The zero-order chi connectivity index (χ0) is 33.0. The van der Waals surface area contributed by atoms with E-state index >= 15 is 0 Å². The summed E-state index contributed by atoms with van der Waals surface area (Å²) < 4.78 is 32.7. The zero-order valence-corrected chi connectivity index (χ0v) is 27.3. The number of fused-ring (bicyclic) bond motifs is 1. The lowest BCUT2D eigenvalue weighted by molar-refractivity contribution is -0.139. The molecule has 2 aromatic carbocycles. The second-order valence-corrected chi connectivity index (χ2v) is 14.1. The van der Waals surface area contributed by atoms with Gasteiger partial charge in [0.05, 0.1) is 18.2 Å². The number of carboxylic acids is 1. The number of nitrogens with one attached hydrogen (secondary N) is 2. The molecule has 0 unspecified atom stereocenters. The molecule has 0 saturated heterocycles. The molecule has 14 heteroatoms. The molecule has 1 aliphatic carbocycles. The van der Waals surface area contributed by atoms with Gasteiger partial charge in [0, 0.05) is 52.4 Å². The molecule has 5 rings (SSSR count). The number of carbonyl (C=O) groups excluding carboxylic acids is 2. The van der Waals surface area contributed by atoms with Crippen LogP contribution < -0.4 is 14.8 Å². The van der Waals surface area contributed by atoms with Crippen LogP contribution in [0.1, 0.15) is 64.8 Å². The van der Waals surface area contributed by atoms with Crippen molar-refractivity contribution >= 4 is 51.0 Å².